The predicted octanol–water partition coefficient (Wildman–Crippen LogP) is 3.25. The lowest BCUT2D eigenvalue weighted by Crippen LogP contribution is -2.26. The van der Waals surface area contributed by atoms with E-state index in [2.05, 4.69) is 23.4 Å². The van der Waals surface area contributed by atoms with Gasteiger partial charge in [0.1, 0.15) is 0 Å². The minimum Gasteiger partial charge on any atom is -0.372 e. The van der Waals surface area contributed by atoms with Crippen LogP contribution in [0.2, 0.25) is 0 Å². The zero-order chi connectivity index (χ0) is 12.4. The van der Waals surface area contributed by atoms with E-state index in [1.54, 1.807) is 6.08 Å². The molecule has 0 saturated carbocycles. The van der Waals surface area contributed by atoms with E-state index < -0.39 is 0 Å². The Morgan fingerprint density at radius 1 is 1.56 bits per heavy atom. The van der Waals surface area contributed by atoms with Crippen LogP contribution in [0.25, 0.3) is 0 Å². The SMILES string of the molecule is C=C/C=C(\C=C)CN1CNC=C1CCl.CC. The summed E-state index contributed by atoms with van der Waals surface area (Å²) in [5.74, 6) is 0.533. The number of halogens is 1. The van der Waals surface area contributed by atoms with Gasteiger partial charge in [0.2, 0.25) is 0 Å². The van der Waals surface area contributed by atoms with Crippen molar-refractivity contribution in [1.29, 1.82) is 0 Å². The van der Waals surface area contributed by atoms with Crippen molar-refractivity contribution in [2.75, 3.05) is 19.1 Å². The van der Waals surface area contributed by atoms with Gasteiger partial charge in [-0.25, -0.2) is 0 Å². The summed E-state index contributed by atoms with van der Waals surface area (Å²) in [5, 5.41) is 3.14. The van der Waals surface area contributed by atoms with Gasteiger partial charge in [-0.1, -0.05) is 45.2 Å². The summed E-state index contributed by atoms with van der Waals surface area (Å²) >= 11 is 5.79. The first kappa shape index (κ1) is 14.8. The van der Waals surface area contributed by atoms with Crippen molar-refractivity contribution in [3.63, 3.8) is 0 Å². The number of hydrogen-bond acceptors (Lipinski definition) is 2. The number of hydrogen-bond donors (Lipinski definition) is 1. The van der Waals surface area contributed by atoms with Gasteiger partial charge < -0.3 is 10.2 Å². The van der Waals surface area contributed by atoms with E-state index in [9.17, 15) is 0 Å². The van der Waals surface area contributed by atoms with Gasteiger partial charge in [-0.05, 0) is 5.57 Å². The second kappa shape index (κ2) is 9.10. The largest absolute Gasteiger partial charge is 0.372 e. The highest BCUT2D eigenvalue weighted by atomic mass is 35.5. The molecule has 90 valence electrons. The van der Waals surface area contributed by atoms with Crippen LogP contribution in [0.4, 0.5) is 0 Å². The lowest BCUT2D eigenvalue weighted by molar-refractivity contribution is 0.398. The molecule has 0 radical (unpaired) electrons. The molecule has 1 aliphatic rings. The Labute approximate surface area is 104 Å². The molecule has 0 aromatic carbocycles. The number of nitrogens with zero attached hydrogens (tertiary/aromatic N) is 1. The van der Waals surface area contributed by atoms with Gasteiger partial charge >= 0.3 is 0 Å². The van der Waals surface area contributed by atoms with E-state index in [0.717, 1.165) is 24.5 Å². The summed E-state index contributed by atoms with van der Waals surface area (Å²) in [7, 11) is 0. The third-order valence-corrected chi connectivity index (χ3v) is 2.34. The van der Waals surface area contributed by atoms with E-state index in [-0.39, 0.29) is 0 Å². The summed E-state index contributed by atoms with van der Waals surface area (Å²) in [4.78, 5) is 2.17. The number of alkyl halides is 1. The van der Waals surface area contributed by atoms with Crippen LogP contribution < -0.4 is 5.32 Å². The molecule has 0 amide bonds. The predicted molar refractivity (Wildman–Crippen MR) is 73.3 cm³/mol. The van der Waals surface area contributed by atoms with E-state index in [1.165, 1.54) is 0 Å². The van der Waals surface area contributed by atoms with Crippen LogP contribution >= 0.6 is 11.6 Å². The quantitative estimate of drug-likeness (QED) is 0.586. The topological polar surface area (TPSA) is 15.3 Å². The zero-order valence-electron chi connectivity index (χ0n) is 10.2. The van der Waals surface area contributed by atoms with E-state index >= 15 is 0 Å². The minimum absolute atomic E-state index is 0.533. The highest BCUT2D eigenvalue weighted by Crippen LogP contribution is 2.12. The fourth-order valence-electron chi connectivity index (χ4n) is 1.30. The summed E-state index contributed by atoms with van der Waals surface area (Å²) in [6.07, 6.45) is 7.51. The molecular formula is C13H21ClN2. The summed E-state index contributed by atoms with van der Waals surface area (Å²) in [5.41, 5.74) is 2.25. The monoisotopic (exact) mass is 240 g/mol. The van der Waals surface area contributed by atoms with Crippen LogP contribution in [0.5, 0.6) is 0 Å². The maximum atomic E-state index is 5.79. The van der Waals surface area contributed by atoms with Crippen molar-refractivity contribution < 1.29 is 0 Å². The van der Waals surface area contributed by atoms with Crippen LogP contribution in [-0.2, 0) is 0 Å². The Balaban J connectivity index is 0.00000106. The molecule has 1 N–H and O–H groups in total. The maximum Gasteiger partial charge on any atom is 0.0873 e. The van der Waals surface area contributed by atoms with Gasteiger partial charge in [-0.2, -0.15) is 0 Å². The zero-order valence-corrected chi connectivity index (χ0v) is 10.9. The number of allylic oxidation sites excluding steroid dienone is 3. The van der Waals surface area contributed by atoms with E-state index in [0.29, 0.717) is 5.88 Å². The molecule has 0 fully saturated rings. The Bertz CT molecular complexity index is 280. The highest BCUT2D eigenvalue weighted by Gasteiger charge is 2.13. The van der Waals surface area contributed by atoms with Gasteiger partial charge in [0, 0.05) is 18.4 Å². The molecule has 0 unspecified atom stereocenters. The van der Waals surface area contributed by atoms with Crippen LogP contribution in [0, 0.1) is 0 Å². The average Bonchev–Trinajstić information content (AvgIpc) is 2.78. The molecule has 1 rings (SSSR count). The smallest absolute Gasteiger partial charge is 0.0873 e. The molecule has 3 heteroatoms. The van der Waals surface area contributed by atoms with Crippen LogP contribution in [0.1, 0.15) is 13.8 Å². The molecule has 0 aliphatic carbocycles. The molecule has 0 saturated heterocycles. The lowest BCUT2D eigenvalue weighted by atomic mass is 10.2. The van der Waals surface area contributed by atoms with Crippen molar-refractivity contribution in [1.82, 2.24) is 10.2 Å². The van der Waals surface area contributed by atoms with Gasteiger partial charge in [-0.15, -0.1) is 11.6 Å². The molecule has 16 heavy (non-hydrogen) atoms. The molecule has 0 bridgehead atoms. The van der Waals surface area contributed by atoms with Gasteiger partial charge in [-0.3, -0.25) is 0 Å². The average molecular weight is 241 g/mol. The normalized spacial score (nSPS) is 14.6. The summed E-state index contributed by atoms with van der Waals surface area (Å²) in [6, 6.07) is 0. The lowest BCUT2D eigenvalue weighted by Gasteiger charge is -2.20. The fourth-order valence-corrected chi connectivity index (χ4v) is 1.55. The fraction of sp³-hybridized carbons (Fsp3) is 0.385. The molecule has 0 aromatic heterocycles. The first-order valence-electron chi connectivity index (χ1n) is 5.49. The first-order valence-corrected chi connectivity index (χ1v) is 6.02. The molecule has 1 heterocycles. The van der Waals surface area contributed by atoms with Crippen molar-refractivity contribution in [3.05, 3.63) is 48.9 Å². The van der Waals surface area contributed by atoms with Crippen molar-refractivity contribution in [2.45, 2.75) is 13.8 Å². The summed E-state index contributed by atoms with van der Waals surface area (Å²) in [6.45, 7) is 13.1. The van der Waals surface area contributed by atoms with E-state index in [1.807, 2.05) is 32.2 Å². The number of nitrogens with one attached hydrogen (secondary N) is 1. The summed E-state index contributed by atoms with van der Waals surface area (Å²) < 4.78 is 0. The second-order valence-electron chi connectivity index (χ2n) is 3.01. The first-order chi connectivity index (χ1) is 7.81. The Hall–Kier alpha value is -1.15. The van der Waals surface area contributed by atoms with Crippen molar-refractivity contribution in [2.24, 2.45) is 0 Å². The Morgan fingerprint density at radius 3 is 2.75 bits per heavy atom. The van der Waals surface area contributed by atoms with Crippen LogP contribution in [-0.4, -0.2) is 24.0 Å². The molecule has 1 aliphatic heterocycles. The van der Waals surface area contributed by atoms with E-state index in [4.69, 9.17) is 11.6 Å². The Kier molecular flexibility index (Phi) is 8.45. The number of rotatable bonds is 5. The molecule has 2 nitrogen and oxygen atoms in total. The third-order valence-electron chi connectivity index (χ3n) is 2.06. The maximum absolute atomic E-state index is 5.79. The van der Waals surface area contributed by atoms with Crippen molar-refractivity contribution in [3.8, 4) is 0 Å². The van der Waals surface area contributed by atoms with Gasteiger partial charge in [0.05, 0.1) is 12.5 Å². The third kappa shape index (κ3) is 4.58. The Morgan fingerprint density at radius 2 is 2.25 bits per heavy atom. The minimum atomic E-state index is 0.533. The van der Waals surface area contributed by atoms with Gasteiger partial charge in [0.25, 0.3) is 0 Å². The van der Waals surface area contributed by atoms with Crippen molar-refractivity contribution >= 4 is 11.6 Å². The molecular weight excluding hydrogens is 220 g/mol. The second-order valence-corrected chi connectivity index (χ2v) is 3.28. The molecule has 0 aromatic rings. The molecule has 0 atom stereocenters. The highest BCUT2D eigenvalue weighted by molar-refractivity contribution is 6.19. The van der Waals surface area contributed by atoms with Gasteiger partial charge in [0.15, 0.2) is 0 Å². The standard InChI is InChI=1S/C11H15ClN2.C2H6/c1-3-5-10(4-2)8-14-9-13-7-11(14)6-12;1-2/h3-5,7,13H,1-2,6,8-9H2;1-2H3/b10-5+;. The van der Waals surface area contributed by atoms with Crippen LogP contribution in [0.3, 0.4) is 0 Å². The van der Waals surface area contributed by atoms with Crippen LogP contribution in [0.15, 0.2) is 48.9 Å². The molecule has 0 spiro atoms.